The molecule has 0 amide bonds. The molecule has 0 bridgehead atoms. The predicted octanol–water partition coefficient (Wildman–Crippen LogP) is 3.19. The number of rotatable bonds is 4. The molecule has 0 aliphatic carbocycles. The molecule has 0 spiro atoms. The third-order valence-corrected chi connectivity index (χ3v) is 2.92. The maximum Gasteiger partial charge on any atom is 0.148 e. The summed E-state index contributed by atoms with van der Waals surface area (Å²) in [5.74, 6) is 2.22. The van der Waals surface area contributed by atoms with E-state index < -0.39 is 0 Å². The van der Waals surface area contributed by atoms with Crippen LogP contribution in [0.4, 0.5) is 0 Å². The van der Waals surface area contributed by atoms with Gasteiger partial charge in [-0.25, -0.2) is 0 Å². The van der Waals surface area contributed by atoms with Gasteiger partial charge in [-0.1, -0.05) is 30.3 Å². The zero-order valence-electron chi connectivity index (χ0n) is 10.1. The van der Waals surface area contributed by atoms with Crippen molar-refractivity contribution in [2.24, 2.45) is 0 Å². The number of nitrogens with zero attached hydrogens (tertiary/aromatic N) is 3. The Bertz CT molecular complexity index is 477. The Morgan fingerprint density at radius 3 is 2.35 bits per heavy atom. The molecule has 0 saturated heterocycles. The van der Waals surface area contributed by atoms with Crippen LogP contribution >= 0.6 is 11.6 Å². The molecule has 0 aliphatic rings. The Morgan fingerprint density at radius 1 is 1.12 bits per heavy atom. The summed E-state index contributed by atoms with van der Waals surface area (Å²) in [6.07, 6.45) is 0.795. The highest BCUT2D eigenvalue weighted by molar-refractivity contribution is 6.16. The zero-order chi connectivity index (χ0) is 12.3. The van der Waals surface area contributed by atoms with Gasteiger partial charge in [-0.2, -0.15) is 0 Å². The van der Waals surface area contributed by atoms with Gasteiger partial charge in [0.25, 0.3) is 0 Å². The van der Waals surface area contributed by atoms with Gasteiger partial charge in [0.1, 0.15) is 11.6 Å². The van der Waals surface area contributed by atoms with Crippen molar-refractivity contribution < 1.29 is 0 Å². The number of benzene rings is 1. The van der Waals surface area contributed by atoms with E-state index >= 15 is 0 Å². The highest BCUT2D eigenvalue weighted by atomic mass is 35.5. The summed E-state index contributed by atoms with van der Waals surface area (Å²) < 4.78 is 2.11. The van der Waals surface area contributed by atoms with Crippen molar-refractivity contribution in [1.29, 1.82) is 0 Å². The van der Waals surface area contributed by atoms with Crippen LogP contribution in [0.15, 0.2) is 30.3 Å². The molecule has 4 heteroatoms. The van der Waals surface area contributed by atoms with Gasteiger partial charge in [-0.3, -0.25) is 0 Å². The lowest BCUT2D eigenvalue weighted by molar-refractivity contribution is 0.557. The van der Waals surface area contributed by atoms with E-state index in [2.05, 4.69) is 40.7 Å². The molecule has 1 aromatic carbocycles. The van der Waals surface area contributed by atoms with Gasteiger partial charge in [-0.15, -0.1) is 21.8 Å². The molecule has 0 fully saturated rings. The highest BCUT2D eigenvalue weighted by Crippen LogP contribution is 2.16. The molecular formula is C13H16ClN3. The van der Waals surface area contributed by atoms with Crippen molar-refractivity contribution in [2.45, 2.75) is 32.2 Å². The molecule has 2 aromatic rings. The number of hydrogen-bond acceptors (Lipinski definition) is 2. The molecule has 1 heterocycles. The predicted molar refractivity (Wildman–Crippen MR) is 69.2 cm³/mol. The van der Waals surface area contributed by atoms with Gasteiger partial charge >= 0.3 is 0 Å². The van der Waals surface area contributed by atoms with E-state index in [9.17, 15) is 0 Å². The molecular weight excluding hydrogens is 234 g/mol. The minimum atomic E-state index is 0.331. The van der Waals surface area contributed by atoms with Gasteiger partial charge in [0, 0.05) is 12.5 Å². The quantitative estimate of drug-likeness (QED) is 0.780. The summed E-state index contributed by atoms with van der Waals surface area (Å²) in [6, 6.07) is 10.6. The molecule has 0 unspecified atom stereocenters. The number of aromatic nitrogens is 3. The fourth-order valence-electron chi connectivity index (χ4n) is 1.95. The Balaban J connectivity index is 2.30. The second-order valence-corrected chi connectivity index (χ2v) is 4.56. The van der Waals surface area contributed by atoms with Crippen LogP contribution in [0.25, 0.3) is 0 Å². The molecule has 3 nitrogen and oxygen atoms in total. The summed E-state index contributed by atoms with van der Waals surface area (Å²) in [6.45, 7) is 4.24. The summed E-state index contributed by atoms with van der Waals surface area (Å²) in [7, 11) is 0. The Labute approximate surface area is 106 Å². The zero-order valence-corrected chi connectivity index (χ0v) is 10.9. The standard InChI is InChI=1S/C13H16ClN3/c1-10(2)17-12(15-16-13(17)9-14)8-11-6-4-3-5-7-11/h3-7,10H,8-9H2,1-2H3. The van der Waals surface area contributed by atoms with E-state index in [4.69, 9.17) is 11.6 Å². The number of alkyl halides is 1. The van der Waals surface area contributed by atoms with E-state index in [1.807, 2.05) is 18.2 Å². The Kier molecular flexibility index (Phi) is 3.79. The van der Waals surface area contributed by atoms with Crippen molar-refractivity contribution in [2.75, 3.05) is 0 Å². The van der Waals surface area contributed by atoms with E-state index in [0.717, 1.165) is 18.1 Å². The molecule has 0 aliphatic heterocycles. The van der Waals surface area contributed by atoms with Crippen LogP contribution in [-0.2, 0) is 12.3 Å². The lowest BCUT2D eigenvalue weighted by Crippen LogP contribution is -2.09. The first-order valence-corrected chi connectivity index (χ1v) is 6.28. The first kappa shape index (κ1) is 12.1. The molecule has 1 aromatic heterocycles. The second-order valence-electron chi connectivity index (χ2n) is 4.29. The summed E-state index contributed by atoms with van der Waals surface area (Å²) in [5.41, 5.74) is 1.24. The van der Waals surface area contributed by atoms with Crippen LogP contribution in [0.3, 0.4) is 0 Å². The van der Waals surface area contributed by atoms with Crippen LogP contribution in [0.1, 0.15) is 37.1 Å². The Hall–Kier alpha value is -1.35. The average molecular weight is 250 g/mol. The topological polar surface area (TPSA) is 30.7 Å². The largest absolute Gasteiger partial charge is 0.311 e. The monoisotopic (exact) mass is 249 g/mol. The summed E-state index contributed by atoms with van der Waals surface area (Å²) >= 11 is 5.87. The van der Waals surface area contributed by atoms with Crippen LogP contribution in [0, 0.1) is 0 Å². The van der Waals surface area contributed by atoms with Crippen LogP contribution in [0.2, 0.25) is 0 Å². The van der Waals surface area contributed by atoms with Crippen molar-refractivity contribution >= 4 is 11.6 Å². The minimum Gasteiger partial charge on any atom is -0.311 e. The first-order chi connectivity index (χ1) is 8.22. The molecule has 0 saturated carbocycles. The normalized spacial score (nSPS) is 11.1. The van der Waals surface area contributed by atoms with Gasteiger partial charge in [-0.05, 0) is 19.4 Å². The lowest BCUT2D eigenvalue weighted by Gasteiger charge is -2.12. The molecule has 17 heavy (non-hydrogen) atoms. The highest BCUT2D eigenvalue weighted by Gasteiger charge is 2.13. The maximum absolute atomic E-state index is 5.87. The molecule has 0 radical (unpaired) electrons. The van der Waals surface area contributed by atoms with Crippen LogP contribution in [0.5, 0.6) is 0 Å². The first-order valence-electron chi connectivity index (χ1n) is 5.75. The van der Waals surface area contributed by atoms with Crippen LogP contribution in [-0.4, -0.2) is 14.8 Å². The summed E-state index contributed by atoms with van der Waals surface area (Å²) in [5, 5.41) is 8.37. The Morgan fingerprint density at radius 2 is 1.76 bits per heavy atom. The second kappa shape index (κ2) is 5.32. The molecule has 0 N–H and O–H groups in total. The smallest absolute Gasteiger partial charge is 0.148 e. The lowest BCUT2D eigenvalue weighted by atomic mass is 10.1. The van der Waals surface area contributed by atoms with Crippen molar-refractivity contribution in [3.05, 3.63) is 47.5 Å². The van der Waals surface area contributed by atoms with Gasteiger partial charge < -0.3 is 4.57 Å². The summed E-state index contributed by atoms with van der Waals surface area (Å²) in [4.78, 5) is 0. The van der Waals surface area contributed by atoms with Gasteiger partial charge in [0.05, 0.1) is 5.88 Å². The fourth-order valence-corrected chi connectivity index (χ4v) is 2.13. The number of halogens is 1. The van der Waals surface area contributed by atoms with E-state index in [1.165, 1.54) is 5.56 Å². The van der Waals surface area contributed by atoms with E-state index in [0.29, 0.717) is 11.9 Å². The average Bonchev–Trinajstić information content (AvgIpc) is 2.73. The molecule has 90 valence electrons. The SMILES string of the molecule is CC(C)n1c(CCl)nnc1Cc1ccccc1. The third-order valence-electron chi connectivity index (χ3n) is 2.68. The van der Waals surface area contributed by atoms with E-state index in [1.54, 1.807) is 0 Å². The minimum absolute atomic E-state index is 0.331. The van der Waals surface area contributed by atoms with Crippen molar-refractivity contribution in [3.63, 3.8) is 0 Å². The maximum atomic E-state index is 5.87. The number of hydrogen-bond donors (Lipinski definition) is 0. The van der Waals surface area contributed by atoms with E-state index in [-0.39, 0.29) is 0 Å². The van der Waals surface area contributed by atoms with Crippen LogP contribution < -0.4 is 0 Å². The van der Waals surface area contributed by atoms with Crippen molar-refractivity contribution in [1.82, 2.24) is 14.8 Å². The molecule has 0 atom stereocenters. The fraction of sp³-hybridized carbons (Fsp3) is 0.385. The van der Waals surface area contributed by atoms with Gasteiger partial charge in [0.15, 0.2) is 0 Å². The molecule has 2 rings (SSSR count). The van der Waals surface area contributed by atoms with Gasteiger partial charge in [0.2, 0.25) is 0 Å². The third kappa shape index (κ3) is 2.67. The van der Waals surface area contributed by atoms with Crippen molar-refractivity contribution in [3.8, 4) is 0 Å².